The number of hydrogen-bond acceptors (Lipinski definition) is 6. The number of anilines is 1. The number of rotatable bonds is 8. The molecule has 1 aromatic heterocycles. The maximum absolute atomic E-state index is 13.2. The second-order valence-corrected chi connectivity index (χ2v) is 8.73. The Labute approximate surface area is 191 Å². The molecular weight excluding hydrogens is 429 g/mol. The molecule has 3 aromatic rings. The molecule has 0 radical (unpaired) electrons. The topological polar surface area (TPSA) is 68.5 Å². The summed E-state index contributed by atoms with van der Waals surface area (Å²) in [5, 5.41) is 8.40. The molecule has 0 aliphatic heterocycles. The zero-order valence-corrected chi connectivity index (χ0v) is 18.8. The fourth-order valence-electron chi connectivity index (χ4n) is 3.89. The number of thioether (sulfide) groups is 1. The minimum absolute atomic E-state index is 0.0310. The van der Waals surface area contributed by atoms with Crippen molar-refractivity contribution < 1.29 is 18.3 Å². The van der Waals surface area contributed by atoms with Gasteiger partial charge in [0.2, 0.25) is 5.91 Å². The van der Waals surface area contributed by atoms with Gasteiger partial charge in [-0.2, -0.15) is 0 Å². The number of amides is 1. The summed E-state index contributed by atoms with van der Waals surface area (Å²) in [7, 11) is 0. The summed E-state index contributed by atoms with van der Waals surface area (Å²) < 4.78 is 24.5. The van der Waals surface area contributed by atoms with Crippen LogP contribution in [0.1, 0.15) is 51.0 Å². The molecule has 1 aliphatic carbocycles. The van der Waals surface area contributed by atoms with Crippen molar-refractivity contribution in [3.05, 3.63) is 66.3 Å². The largest absolute Gasteiger partial charge is 0.481 e. The fraction of sp³-hybridized carbons (Fsp3) is 0.375. The Kier molecular flexibility index (Phi) is 7.42. The van der Waals surface area contributed by atoms with Gasteiger partial charge >= 0.3 is 0 Å². The molecule has 6 nitrogen and oxygen atoms in total. The third kappa shape index (κ3) is 5.68. The molecule has 168 valence electrons. The Morgan fingerprint density at radius 3 is 2.56 bits per heavy atom. The van der Waals surface area contributed by atoms with E-state index in [0.717, 1.165) is 31.4 Å². The average Bonchev–Trinajstić information content (AvgIpc) is 3.30. The van der Waals surface area contributed by atoms with Crippen LogP contribution in [-0.2, 0) is 4.79 Å². The minimum Gasteiger partial charge on any atom is -0.481 e. The van der Waals surface area contributed by atoms with Crippen molar-refractivity contribution in [1.29, 1.82) is 0 Å². The Morgan fingerprint density at radius 1 is 1.12 bits per heavy atom. The Bertz CT molecular complexity index is 1010. The molecule has 1 heterocycles. The molecule has 1 amide bonds. The van der Waals surface area contributed by atoms with Crippen molar-refractivity contribution in [2.45, 2.75) is 56.4 Å². The zero-order valence-electron chi connectivity index (χ0n) is 17.9. The number of halogens is 1. The highest BCUT2D eigenvalue weighted by Gasteiger charge is 2.27. The second-order valence-electron chi connectivity index (χ2n) is 7.80. The number of para-hydroxylation sites is 1. The van der Waals surface area contributed by atoms with Gasteiger partial charge in [-0.25, -0.2) is 4.39 Å². The van der Waals surface area contributed by atoms with Gasteiger partial charge in [-0.15, -0.1) is 10.2 Å². The van der Waals surface area contributed by atoms with Crippen LogP contribution in [0.4, 0.5) is 10.1 Å². The summed E-state index contributed by atoms with van der Waals surface area (Å²) in [5.74, 6) is 0.719. The number of carbonyl (C=O) groups excluding carboxylic acids is 1. The Morgan fingerprint density at radius 2 is 1.84 bits per heavy atom. The lowest BCUT2D eigenvalue weighted by Gasteiger charge is -2.34. The van der Waals surface area contributed by atoms with Crippen LogP contribution in [0.15, 0.2) is 64.2 Å². The maximum atomic E-state index is 13.2. The predicted octanol–water partition coefficient (Wildman–Crippen LogP) is 5.81. The molecule has 1 atom stereocenters. The van der Waals surface area contributed by atoms with Gasteiger partial charge < -0.3 is 14.1 Å². The summed E-state index contributed by atoms with van der Waals surface area (Å²) in [6, 6.07) is 15.8. The number of hydrogen-bond donors (Lipinski definition) is 0. The van der Waals surface area contributed by atoms with Crippen LogP contribution in [0.2, 0.25) is 0 Å². The van der Waals surface area contributed by atoms with Crippen LogP contribution in [0, 0.1) is 5.82 Å². The van der Waals surface area contributed by atoms with Crippen LogP contribution in [0.5, 0.6) is 5.75 Å². The van der Waals surface area contributed by atoms with Crippen LogP contribution in [0.25, 0.3) is 0 Å². The summed E-state index contributed by atoms with van der Waals surface area (Å²) >= 11 is 1.23. The standard InChI is InChI=1S/C24H26FN3O3S/c1-17(30-21-14-12-18(25)13-15-21)23-26-27-24(31-23)32-16-22(29)28(19-8-4-2-5-9-19)20-10-6-3-7-11-20/h2,4-5,8-9,12-15,17,20H,3,6-7,10-11,16H2,1H3/t17-/m1/s1. The molecule has 8 heteroatoms. The summed E-state index contributed by atoms with van der Waals surface area (Å²) in [6.45, 7) is 1.77. The molecule has 4 rings (SSSR count). The van der Waals surface area contributed by atoms with Crippen LogP contribution >= 0.6 is 11.8 Å². The van der Waals surface area contributed by atoms with E-state index >= 15 is 0 Å². The first kappa shape index (κ1) is 22.3. The molecule has 0 bridgehead atoms. The predicted molar refractivity (Wildman–Crippen MR) is 121 cm³/mol. The first-order valence-corrected chi connectivity index (χ1v) is 11.8. The highest BCUT2D eigenvalue weighted by Crippen LogP contribution is 2.29. The summed E-state index contributed by atoms with van der Waals surface area (Å²) in [4.78, 5) is 15.1. The number of carbonyl (C=O) groups is 1. The molecule has 2 aromatic carbocycles. The van der Waals surface area contributed by atoms with Crippen LogP contribution in [0.3, 0.4) is 0 Å². The van der Waals surface area contributed by atoms with Gasteiger partial charge in [-0.05, 0) is 56.2 Å². The van der Waals surface area contributed by atoms with Gasteiger partial charge in [0.05, 0.1) is 5.75 Å². The Hall–Kier alpha value is -2.87. The van der Waals surface area contributed by atoms with Crippen molar-refractivity contribution in [3.8, 4) is 5.75 Å². The van der Waals surface area contributed by atoms with Crippen molar-refractivity contribution in [2.24, 2.45) is 0 Å². The maximum Gasteiger partial charge on any atom is 0.277 e. The van der Waals surface area contributed by atoms with E-state index in [4.69, 9.17) is 9.15 Å². The van der Waals surface area contributed by atoms with E-state index < -0.39 is 6.10 Å². The smallest absolute Gasteiger partial charge is 0.277 e. The zero-order chi connectivity index (χ0) is 22.3. The van der Waals surface area contributed by atoms with Crippen LogP contribution in [-0.4, -0.2) is 27.9 Å². The number of aromatic nitrogens is 2. The Balaban J connectivity index is 1.38. The molecule has 0 N–H and O–H groups in total. The third-order valence-corrected chi connectivity index (χ3v) is 6.26. The van der Waals surface area contributed by atoms with E-state index in [2.05, 4.69) is 10.2 Å². The van der Waals surface area contributed by atoms with E-state index in [9.17, 15) is 9.18 Å². The van der Waals surface area contributed by atoms with Crippen LogP contribution < -0.4 is 9.64 Å². The SMILES string of the molecule is C[C@@H](Oc1ccc(F)cc1)c1nnc(SCC(=O)N(c2ccccc2)C2CCCCC2)o1. The van der Waals surface area contributed by atoms with E-state index in [-0.39, 0.29) is 23.5 Å². The van der Waals surface area contributed by atoms with Crippen molar-refractivity contribution in [2.75, 3.05) is 10.7 Å². The molecule has 1 saturated carbocycles. The highest BCUT2D eigenvalue weighted by molar-refractivity contribution is 7.99. The van der Waals surface area contributed by atoms with E-state index in [1.807, 2.05) is 35.2 Å². The van der Waals surface area contributed by atoms with Gasteiger partial charge in [0.25, 0.3) is 11.1 Å². The van der Waals surface area contributed by atoms with Gasteiger partial charge in [-0.3, -0.25) is 4.79 Å². The quantitative estimate of drug-likeness (QED) is 0.400. The fourth-order valence-corrected chi connectivity index (χ4v) is 4.52. The van der Waals surface area contributed by atoms with Gasteiger partial charge in [0, 0.05) is 11.7 Å². The second kappa shape index (κ2) is 10.6. The lowest BCUT2D eigenvalue weighted by atomic mass is 9.93. The molecule has 0 saturated heterocycles. The minimum atomic E-state index is -0.499. The number of nitrogens with zero attached hydrogens (tertiary/aromatic N) is 3. The first-order valence-electron chi connectivity index (χ1n) is 10.9. The van der Waals surface area contributed by atoms with Gasteiger partial charge in [0.15, 0.2) is 6.10 Å². The van der Waals surface area contributed by atoms with Gasteiger partial charge in [0.1, 0.15) is 11.6 Å². The average molecular weight is 456 g/mol. The first-order chi connectivity index (χ1) is 15.6. The molecular formula is C24H26FN3O3S. The monoisotopic (exact) mass is 455 g/mol. The van der Waals surface area contributed by atoms with Crippen molar-refractivity contribution >= 4 is 23.4 Å². The van der Waals surface area contributed by atoms with E-state index in [0.29, 0.717) is 16.9 Å². The third-order valence-electron chi connectivity index (χ3n) is 5.46. The lowest BCUT2D eigenvalue weighted by molar-refractivity contribution is -0.116. The van der Waals surface area contributed by atoms with Crippen molar-refractivity contribution in [1.82, 2.24) is 10.2 Å². The molecule has 0 unspecified atom stereocenters. The number of ether oxygens (including phenoxy) is 1. The van der Waals surface area contributed by atoms with Crippen molar-refractivity contribution in [3.63, 3.8) is 0 Å². The molecule has 0 spiro atoms. The number of benzene rings is 2. The van der Waals surface area contributed by atoms with E-state index in [1.54, 1.807) is 19.1 Å². The normalized spacial score (nSPS) is 15.3. The lowest BCUT2D eigenvalue weighted by Crippen LogP contribution is -2.42. The van der Waals surface area contributed by atoms with Gasteiger partial charge in [-0.1, -0.05) is 49.2 Å². The summed E-state index contributed by atoms with van der Waals surface area (Å²) in [6.07, 6.45) is 5.06. The highest BCUT2D eigenvalue weighted by atomic mass is 32.2. The molecule has 1 aliphatic rings. The van der Waals surface area contributed by atoms with E-state index in [1.165, 1.54) is 30.3 Å². The molecule has 1 fully saturated rings. The summed E-state index contributed by atoms with van der Waals surface area (Å²) in [5.41, 5.74) is 0.928. The molecule has 32 heavy (non-hydrogen) atoms.